The number of aryl methyl sites for hydroxylation is 3. The molecule has 0 atom stereocenters. The number of hydrogen-bond acceptors (Lipinski definition) is 5. The lowest BCUT2D eigenvalue weighted by molar-refractivity contribution is 0.103. The maximum atomic E-state index is 12.0. The highest BCUT2D eigenvalue weighted by Crippen LogP contribution is 2.25. The molecule has 0 aliphatic carbocycles. The Morgan fingerprint density at radius 2 is 1.07 bits per heavy atom. The van der Waals surface area contributed by atoms with Crippen LogP contribution in [0.2, 0.25) is 10.0 Å². The van der Waals surface area contributed by atoms with Crippen molar-refractivity contribution in [3.63, 3.8) is 0 Å². The number of aromatic hydroxyl groups is 2. The predicted molar refractivity (Wildman–Crippen MR) is 242 cm³/mol. The molecule has 0 aromatic heterocycles. The lowest BCUT2D eigenvalue weighted by Gasteiger charge is -2.01. The van der Waals surface area contributed by atoms with E-state index in [0.29, 0.717) is 37.9 Å². The lowest BCUT2D eigenvalue weighted by Crippen LogP contribution is -1.96. The van der Waals surface area contributed by atoms with Crippen LogP contribution in [0.25, 0.3) is 18.2 Å². The molecule has 5 nitrogen and oxygen atoms in total. The summed E-state index contributed by atoms with van der Waals surface area (Å²) < 4.78 is 1.71. The molecule has 288 valence electrons. The zero-order chi connectivity index (χ0) is 41.5. The molecule has 0 saturated heterocycles. The van der Waals surface area contributed by atoms with E-state index in [1.807, 2.05) is 81.4 Å². The molecular formula is C48H38Br2Cl2O5. The van der Waals surface area contributed by atoms with Gasteiger partial charge in [0, 0.05) is 36.8 Å². The van der Waals surface area contributed by atoms with Crippen molar-refractivity contribution in [1.82, 2.24) is 0 Å². The van der Waals surface area contributed by atoms with E-state index in [2.05, 4.69) is 31.9 Å². The average molecular weight is 926 g/mol. The third-order valence-electron chi connectivity index (χ3n) is 8.23. The minimum absolute atomic E-state index is 0.0239. The van der Waals surface area contributed by atoms with Gasteiger partial charge in [0.25, 0.3) is 0 Å². The van der Waals surface area contributed by atoms with Crippen molar-refractivity contribution in [3.8, 4) is 11.5 Å². The number of phenols is 2. The van der Waals surface area contributed by atoms with Crippen LogP contribution in [0.5, 0.6) is 11.5 Å². The number of phenolic OH excluding ortho intramolecular Hbond substituents is 2. The molecule has 0 spiro atoms. The summed E-state index contributed by atoms with van der Waals surface area (Å²) in [7, 11) is 0. The van der Waals surface area contributed by atoms with Gasteiger partial charge in [0.1, 0.15) is 11.5 Å². The van der Waals surface area contributed by atoms with Gasteiger partial charge in [0.15, 0.2) is 17.3 Å². The average Bonchev–Trinajstić information content (AvgIpc) is 3.19. The first-order chi connectivity index (χ1) is 27.2. The van der Waals surface area contributed by atoms with E-state index in [1.165, 1.54) is 12.2 Å². The van der Waals surface area contributed by atoms with Crippen molar-refractivity contribution < 1.29 is 24.6 Å². The van der Waals surface area contributed by atoms with Gasteiger partial charge < -0.3 is 10.2 Å². The fourth-order valence-electron chi connectivity index (χ4n) is 5.08. The molecule has 0 unspecified atom stereocenters. The highest BCUT2D eigenvalue weighted by molar-refractivity contribution is 9.10. The van der Waals surface area contributed by atoms with Gasteiger partial charge in [-0.2, -0.15) is 0 Å². The number of carbonyl (C=O) groups is 3. The van der Waals surface area contributed by atoms with E-state index in [4.69, 9.17) is 23.2 Å². The van der Waals surface area contributed by atoms with Crippen LogP contribution >= 0.6 is 55.1 Å². The number of halogens is 4. The van der Waals surface area contributed by atoms with Gasteiger partial charge in [-0.25, -0.2) is 0 Å². The summed E-state index contributed by atoms with van der Waals surface area (Å²) in [6.45, 7) is 5.84. The topological polar surface area (TPSA) is 91.7 Å². The van der Waals surface area contributed by atoms with Crippen LogP contribution in [0, 0.1) is 20.8 Å². The van der Waals surface area contributed by atoms with E-state index in [9.17, 15) is 24.6 Å². The van der Waals surface area contributed by atoms with Crippen molar-refractivity contribution >= 4 is 90.6 Å². The first-order valence-corrected chi connectivity index (χ1v) is 19.8. The first kappa shape index (κ1) is 44.4. The Kier molecular flexibility index (Phi) is 17.0. The van der Waals surface area contributed by atoms with Crippen LogP contribution in [0.1, 0.15) is 64.5 Å². The molecule has 6 aromatic rings. The second-order valence-electron chi connectivity index (χ2n) is 12.7. The van der Waals surface area contributed by atoms with Crippen molar-refractivity contribution in [2.24, 2.45) is 0 Å². The van der Waals surface area contributed by atoms with Crippen LogP contribution in [0.15, 0.2) is 155 Å². The maximum absolute atomic E-state index is 12.0. The molecule has 9 heteroatoms. The number of ketones is 3. The molecule has 0 saturated carbocycles. The smallest absolute Gasteiger partial charge is 0.186 e. The molecule has 0 aliphatic heterocycles. The zero-order valence-electron chi connectivity index (χ0n) is 31.2. The summed E-state index contributed by atoms with van der Waals surface area (Å²) in [6, 6.07) is 37.7. The van der Waals surface area contributed by atoms with Crippen molar-refractivity contribution in [2.75, 3.05) is 0 Å². The number of hydrogen-bond donors (Lipinski definition) is 2. The highest BCUT2D eigenvalue weighted by Gasteiger charge is 2.06. The molecule has 57 heavy (non-hydrogen) atoms. The number of carbonyl (C=O) groups excluding carboxylic acids is 3. The molecule has 0 aliphatic rings. The Bertz CT molecular complexity index is 2470. The van der Waals surface area contributed by atoms with Crippen LogP contribution in [-0.2, 0) is 0 Å². The predicted octanol–water partition coefficient (Wildman–Crippen LogP) is 13.9. The highest BCUT2D eigenvalue weighted by atomic mass is 79.9. The van der Waals surface area contributed by atoms with E-state index < -0.39 is 0 Å². The Balaban J connectivity index is 0.000000189. The minimum Gasteiger partial charge on any atom is -0.507 e. The molecule has 0 radical (unpaired) electrons. The summed E-state index contributed by atoms with van der Waals surface area (Å²) in [6.07, 6.45) is 9.44. The zero-order valence-corrected chi connectivity index (χ0v) is 35.9. The van der Waals surface area contributed by atoms with Gasteiger partial charge in [0.05, 0.1) is 10.0 Å². The van der Waals surface area contributed by atoms with Crippen LogP contribution < -0.4 is 0 Å². The quantitative estimate of drug-likeness (QED) is 0.111. The Hall–Kier alpha value is -5.31. The Labute approximate surface area is 359 Å². The molecule has 0 heterocycles. The molecular weight excluding hydrogens is 887 g/mol. The van der Waals surface area contributed by atoms with Gasteiger partial charge in [-0.3, -0.25) is 14.4 Å². The van der Waals surface area contributed by atoms with Crippen LogP contribution in [-0.4, -0.2) is 27.6 Å². The van der Waals surface area contributed by atoms with E-state index in [0.717, 1.165) is 31.2 Å². The van der Waals surface area contributed by atoms with Crippen molar-refractivity contribution in [3.05, 3.63) is 215 Å². The number of allylic oxidation sites excluding steroid dienone is 3. The van der Waals surface area contributed by atoms with Gasteiger partial charge in [-0.1, -0.05) is 145 Å². The fourth-order valence-corrected chi connectivity index (χ4v) is 6.15. The fraction of sp³-hybridized carbons (Fsp3) is 0.0625. The van der Waals surface area contributed by atoms with E-state index in [1.54, 1.807) is 91.0 Å². The summed E-state index contributed by atoms with van der Waals surface area (Å²) >= 11 is 18.4. The normalized spacial score (nSPS) is 10.9. The standard InChI is InChI=1S/2C16H13BrO2.C16H12Cl2O/c1-11-2-4-12(5-3-11)15(18)8-6-13-10-14(17)7-9-16(13)19;1-11-3-2-4-12(9-11)15(18)7-5-13-10-14(17)6-8-16(13)19;1-11-4-2-3-5-13(11)16(19)9-7-12-6-8-14(17)15(18)10-12/h2*2-10,19H,1H3;2-10H,1H3. The third-order valence-corrected chi connectivity index (χ3v) is 9.95. The molecule has 6 aromatic carbocycles. The molecule has 0 fully saturated rings. The molecule has 0 amide bonds. The van der Waals surface area contributed by atoms with Gasteiger partial charge in [0.2, 0.25) is 0 Å². The molecule has 2 N–H and O–H groups in total. The molecule has 0 bridgehead atoms. The minimum atomic E-state index is -0.0839. The molecule has 6 rings (SSSR count). The maximum Gasteiger partial charge on any atom is 0.186 e. The van der Waals surface area contributed by atoms with E-state index >= 15 is 0 Å². The van der Waals surface area contributed by atoms with Gasteiger partial charge in [-0.15, -0.1) is 0 Å². The first-order valence-electron chi connectivity index (χ1n) is 17.5. The second kappa shape index (κ2) is 21.8. The SMILES string of the molecule is Cc1ccc(C(=O)C=Cc2cc(Br)ccc2O)cc1.Cc1cccc(C(=O)C=Cc2cc(Br)ccc2O)c1.Cc1ccccc1C(=O)C=Cc1ccc(Cl)c(Cl)c1. The van der Waals surface area contributed by atoms with E-state index in [-0.39, 0.29) is 28.8 Å². The van der Waals surface area contributed by atoms with Crippen molar-refractivity contribution in [1.29, 1.82) is 0 Å². The third kappa shape index (κ3) is 14.3. The largest absolute Gasteiger partial charge is 0.507 e. The number of rotatable bonds is 9. The summed E-state index contributed by atoms with van der Waals surface area (Å²) in [5, 5.41) is 20.3. The lowest BCUT2D eigenvalue weighted by atomic mass is 10.0. The monoisotopic (exact) mass is 922 g/mol. The summed E-state index contributed by atoms with van der Waals surface area (Å²) in [5.74, 6) is 0.110. The van der Waals surface area contributed by atoms with Crippen LogP contribution in [0.3, 0.4) is 0 Å². The van der Waals surface area contributed by atoms with Gasteiger partial charge in [-0.05, 0) is 117 Å². The summed E-state index contributed by atoms with van der Waals surface area (Å²) in [5.41, 5.74) is 7.17. The Morgan fingerprint density at radius 3 is 1.63 bits per heavy atom. The summed E-state index contributed by atoms with van der Waals surface area (Å²) in [4.78, 5) is 36.0. The van der Waals surface area contributed by atoms with Crippen LogP contribution in [0.4, 0.5) is 0 Å². The van der Waals surface area contributed by atoms with Crippen molar-refractivity contribution in [2.45, 2.75) is 20.8 Å². The second-order valence-corrected chi connectivity index (χ2v) is 15.4. The number of benzene rings is 6. The Morgan fingerprint density at radius 1 is 0.509 bits per heavy atom. The van der Waals surface area contributed by atoms with Gasteiger partial charge >= 0.3 is 0 Å².